The molecule has 1 fully saturated rings. The Morgan fingerprint density at radius 3 is 3.00 bits per heavy atom. The Kier molecular flexibility index (Phi) is 4.39. The van der Waals surface area contributed by atoms with Crippen LogP contribution in [0.3, 0.4) is 0 Å². The molecule has 1 aliphatic rings. The Balaban J connectivity index is 2.20. The summed E-state index contributed by atoms with van der Waals surface area (Å²) in [7, 11) is 0. The van der Waals surface area contributed by atoms with Gasteiger partial charge in [-0.05, 0) is 13.8 Å². The van der Waals surface area contributed by atoms with Crippen LogP contribution in [0.2, 0.25) is 0 Å². The van der Waals surface area contributed by atoms with Gasteiger partial charge in [0.15, 0.2) is 0 Å². The number of nitrogens with one attached hydrogen (secondary N) is 1. The molecule has 2 rings (SSSR count). The number of hydrogen-bond acceptors (Lipinski definition) is 7. The third-order valence-corrected chi connectivity index (χ3v) is 2.94. The molecular weight excluding hydrogens is 246 g/mol. The smallest absolute Gasteiger partial charge is 0.223 e. The van der Waals surface area contributed by atoms with E-state index in [2.05, 4.69) is 20.2 Å². The highest BCUT2D eigenvalue weighted by molar-refractivity contribution is 5.53. The van der Waals surface area contributed by atoms with E-state index in [1.54, 1.807) is 0 Å². The number of ether oxygens (including phenoxy) is 1. The Labute approximate surface area is 112 Å². The minimum absolute atomic E-state index is 0.00146. The molecule has 4 N–H and O–H groups in total. The summed E-state index contributed by atoms with van der Waals surface area (Å²) >= 11 is 0. The van der Waals surface area contributed by atoms with Gasteiger partial charge in [-0.1, -0.05) is 0 Å². The quantitative estimate of drug-likeness (QED) is 0.710. The van der Waals surface area contributed by atoms with Crippen molar-refractivity contribution in [2.24, 2.45) is 0 Å². The fraction of sp³-hybridized carbons (Fsp3) is 0.667. The lowest BCUT2D eigenvalue weighted by Gasteiger charge is -2.36. The molecule has 1 aliphatic heterocycles. The van der Waals surface area contributed by atoms with E-state index in [1.807, 2.05) is 19.9 Å². The SMILES string of the molecule is CCNc1cc(N2CC(C)OC(CO)C2)nc(N)n1. The van der Waals surface area contributed by atoms with Crippen molar-refractivity contribution in [1.29, 1.82) is 0 Å². The summed E-state index contributed by atoms with van der Waals surface area (Å²) in [4.78, 5) is 10.4. The number of rotatable bonds is 4. The number of nitrogens with two attached hydrogens (primary N) is 1. The Bertz CT molecular complexity index is 429. The van der Waals surface area contributed by atoms with E-state index >= 15 is 0 Å². The molecule has 2 atom stereocenters. The van der Waals surface area contributed by atoms with E-state index in [9.17, 15) is 5.11 Å². The van der Waals surface area contributed by atoms with Gasteiger partial charge in [0.1, 0.15) is 11.6 Å². The highest BCUT2D eigenvalue weighted by Crippen LogP contribution is 2.21. The fourth-order valence-electron chi connectivity index (χ4n) is 2.22. The van der Waals surface area contributed by atoms with Gasteiger partial charge in [0, 0.05) is 25.7 Å². The molecule has 1 aromatic rings. The van der Waals surface area contributed by atoms with Gasteiger partial charge in [-0.15, -0.1) is 0 Å². The number of aromatic nitrogens is 2. The van der Waals surface area contributed by atoms with Crippen molar-refractivity contribution >= 4 is 17.6 Å². The fourth-order valence-corrected chi connectivity index (χ4v) is 2.22. The molecule has 0 amide bonds. The first kappa shape index (κ1) is 13.8. The minimum Gasteiger partial charge on any atom is -0.394 e. The normalized spacial score (nSPS) is 23.4. The van der Waals surface area contributed by atoms with Crippen molar-refractivity contribution in [3.05, 3.63) is 6.07 Å². The summed E-state index contributed by atoms with van der Waals surface area (Å²) in [6.45, 7) is 6.07. The zero-order valence-electron chi connectivity index (χ0n) is 11.3. The number of nitrogen functional groups attached to an aromatic ring is 1. The molecule has 1 saturated heterocycles. The third kappa shape index (κ3) is 3.45. The molecule has 0 radical (unpaired) electrons. The van der Waals surface area contributed by atoms with Crippen molar-refractivity contribution in [2.75, 3.05) is 42.2 Å². The van der Waals surface area contributed by atoms with Gasteiger partial charge in [0.05, 0.1) is 18.8 Å². The molecule has 1 aromatic heterocycles. The van der Waals surface area contributed by atoms with E-state index in [4.69, 9.17) is 10.5 Å². The van der Waals surface area contributed by atoms with Crippen LogP contribution in [0.25, 0.3) is 0 Å². The molecule has 0 aliphatic carbocycles. The predicted octanol–water partition coefficient (Wildman–Crippen LogP) is 0.0766. The zero-order valence-corrected chi connectivity index (χ0v) is 11.3. The van der Waals surface area contributed by atoms with Crippen LogP contribution in [0.1, 0.15) is 13.8 Å². The maximum absolute atomic E-state index is 9.25. The van der Waals surface area contributed by atoms with Crippen molar-refractivity contribution in [2.45, 2.75) is 26.1 Å². The molecule has 0 saturated carbocycles. The van der Waals surface area contributed by atoms with Crippen molar-refractivity contribution < 1.29 is 9.84 Å². The molecule has 2 heterocycles. The van der Waals surface area contributed by atoms with Crippen LogP contribution in [0.4, 0.5) is 17.6 Å². The highest BCUT2D eigenvalue weighted by Gasteiger charge is 2.26. The van der Waals surface area contributed by atoms with Gasteiger partial charge in [-0.25, -0.2) is 0 Å². The van der Waals surface area contributed by atoms with Crippen LogP contribution in [-0.2, 0) is 4.74 Å². The Morgan fingerprint density at radius 1 is 1.53 bits per heavy atom. The van der Waals surface area contributed by atoms with E-state index in [1.165, 1.54) is 0 Å². The lowest BCUT2D eigenvalue weighted by molar-refractivity contribution is -0.0423. The van der Waals surface area contributed by atoms with E-state index in [-0.39, 0.29) is 24.8 Å². The van der Waals surface area contributed by atoms with Crippen LogP contribution >= 0.6 is 0 Å². The van der Waals surface area contributed by atoms with Crippen molar-refractivity contribution in [1.82, 2.24) is 9.97 Å². The van der Waals surface area contributed by atoms with Gasteiger partial charge >= 0.3 is 0 Å². The summed E-state index contributed by atoms with van der Waals surface area (Å²) in [5, 5.41) is 12.4. The van der Waals surface area contributed by atoms with Crippen LogP contribution in [-0.4, -0.2) is 53.5 Å². The predicted molar refractivity (Wildman–Crippen MR) is 74.2 cm³/mol. The monoisotopic (exact) mass is 267 g/mol. The maximum atomic E-state index is 9.25. The second-order valence-corrected chi connectivity index (χ2v) is 4.66. The maximum Gasteiger partial charge on any atom is 0.223 e. The van der Waals surface area contributed by atoms with Crippen LogP contribution < -0.4 is 16.0 Å². The topological polar surface area (TPSA) is 96.5 Å². The number of anilines is 3. The molecule has 0 aromatic carbocycles. The Hall–Kier alpha value is -1.60. The van der Waals surface area contributed by atoms with Crippen LogP contribution in [0.15, 0.2) is 6.07 Å². The first-order valence-electron chi connectivity index (χ1n) is 6.52. The van der Waals surface area contributed by atoms with Crippen molar-refractivity contribution in [3.8, 4) is 0 Å². The lowest BCUT2D eigenvalue weighted by Crippen LogP contribution is -2.48. The number of hydrogen-bond donors (Lipinski definition) is 3. The summed E-state index contributed by atoms with van der Waals surface area (Å²) in [6.07, 6.45) is -0.146. The zero-order chi connectivity index (χ0) is 13.8. The second-order valence-electron chi connectivity index (χ2n) is 4.66. The average Bonchev–Trinajstić information content (AvgIpc) is 2.37. The van der Waals surface area contributed by atoms with Gasteiger partial charge < -0.3 is 25.8 Å². The number of morpholine rings is 1. The first-order valence-corrected chi connectivity index (χ1v) is 6.52. The lowest BCUT2D eigenvalue weighted by atomic mass is 10.2. The molecule has 7 heteroatoms. The summed E-state index contributed by atoms with van der Waals surface area (Å²) in [5.41, 5.74) is 5.73. The summed E-state index contributed by atoms with van der Waals surface area (Å²) in [5.74, 6) is 1.72. The largest absolute Gasteiger partial charge is 0.394 e. The molecule has 106 valence electrons. The van der Waals surface area contributed by atoms with E-state index in [0.29, 0.717) is 12.4 Å². The first-order chi connectivity index (χ1) is 9.12. The van der Waals surface area contributed by atoms with Gasteiger partial charge in [0.2, 0.25) is 5.95 Å². The molecular formula is C12H21N5O2. The summed E-state index contributed by atoms with van der Waals surface area (Å²) < 4.78 is 5.61. The van der Waals surface area contributed by atoms with Crippen LogP contribution in [0, 0.1) is 0 Å². The number of nitrogens with zero attached hydrogens (tertiary/aromatic N) is 3. The van der Waals surface area contributed by atoms with Crippen molar-refractivity contribution in [3.63, 3.8) is 0 Å². The number of aliphatic hydroxyl groups is 1. The average molecular weight is 267 g/mol. The van der Waals surface area contributed by atoms with Crippen LogP contribution in [0.5, 0.6) is 0 Å². The molecule has 2 unspecified atom stereocenters. The second kappa shape index (κ2) is 6.03. The van der Waals surface area contributed by atoms with Gasteiger partial charge in [-0.3, -0.25) is 0 Å². The summed E-state index contributed by atoms with van der Waals surface area (Å²) in [6, 6.07) is 1.87. The van der Waals surface area contributed by atoms with E-state index in [0.717, 1.165) is 18.9 Å². The number of aliphatic hydroxyl groups excluding tert-OH is 1. The molecule has 0 bridgehead atoms. The molecule has 19 heavy (non-hydrogen) atoms. The standard InChI is InChI=1S/C12H21N5O2/c1-3-14-10-4-11(16-12(13)15-10)17-5-8(2)19-9(6-17)7-18/h4,8-9,18H,3,5-7H2,1-2H3,(H3,13,14,15,16). The molecule has 7 nitrogen and oxygen atoms in total. The van der Waals surface area contributed by atoms with Gasteiger partial charge in [-0.2, -0.15) is 9.97 Å². The minimum atomic E-state index is -0.192. The molecule has 0 spiro atoms. The Morgan fingerprint density at radius 2 is 2.32 bits per heavy atom. The highest BCUT2D eigenvalue weighted by atomic mass is 16.5. The van der Waals surface area contributed by atoms with E-state index < -0.39 is 0 Å². The third-order valence-electron chi connectivity index (χ3n) is 2.94. The van der Waals surface area contributed by atoms with Gasteiger partial charge in [0.25, 0.3) is 0 Å².